The number of ether oxygens (including phenoxy) is 1. The second kappa shape index (κ2) is 10.3. The Labute approximate surface area is 154 Å². The first-order chi connectivity index (χ1) is 10.6. The molecular formula is C16H25IN4O2. The van der Waals surface area contributed by atoms with E-state index in [1.807, 2.05) is 18.2 Å². The first-order valence-corrected chi connectivity index (χ1v) is 7.70. The molecule has 1 fully saturated rings. The van der Waals surface area contributed by atoms with E-state index in [-0.39, 0.29) is 30.6 Å². The summed E-state index contributed by atoms with van der Waals surface area (Å²) in [4.78, 5) is 17.4. The Hall–Kier alpha value is -1.51. The zero-order chi connectivity index (χ0) is 15.8. The zero-order valence-electron chi connectivity index (χ0n) is 13.2. The molecular weight excluding hydrogens is 407 g/mol. The van der Waals surface area contributed by atoms with Crippen molar-refractivity contribution in [2.24, 2.45) is 16.5 Å². The molecule has 2 rings (SSSR count). The number of aliphatic imine (C=N–C) groups is 1. The van der Waals surface area contributed by atoms with Gasteiger partial charge in [0.15, 0.2) is 12.6 Å². The quantitative estimate of drug-likeness (QED) is 0.422. The van der Waals surface area contributed by atoms with Crippen molar-refractivity contribution in [1.29, 1.82) is 0 Å². The Kier molecular flexibility index (Phi) is 8.75. The van der Waals surface area contributed by atoms with Gasteiger partial charge in [0, 0.05) is 13.1 Å². The molecule has 1 amide bonds. The lowest BCUT2D eigenvalue weighted by Crippen LogP contribution is -2.38. The summed E-state index contributed by atoms with van der Waals surface area (Å²) < 4.78 is 5.28. The van der Waals surface area contributed by atoms with E-state index in [0.29, 0.717) is 18.3 Å². The van der Waals surface area contributed by atoms with Crippen LogP contribution >= 0.6 is 24.0 Å². The van der Waals surface area contributed by atoms with E-state index in [9.17, 15) is 4.79 Å². The molecule has 0 spiro atoms. The number of likely N-dealkylation sites (tertiary alicyclic amines) is 1. The van der Waals surface area contributed by atoms with E-state index >= 15 is 0 Å². The number of nitrogens with zero attached hydrogens (tertiary/aromatic N) is 2. The van der Waals surface area contributed by atoms with Crippen LogP contribution in [-0.4, -0.2) is 36.5 Å². The smallest absolute Gasteiger partial charge is 0.255 e. The maximum Gasteiger partial charge on any atom is 0.255 e. The van der Waals surface area contributed by atoms with E-state index in [0.717, 1.165) is 18.7 Å². The molecule has 0 aromatic heterocycles. The average molecular weight is 432 g/mol. The van der Waals surface area contributed by atoms with Crippen LogP contribution in [0.1, 0.15) is 31.2 Å². The van der Waals surface area contributed by atoms with Crippen molar-refractivity contribution in [2.75, 3.05) is 19.7 Å². The fraction of sp³-hybridized carbons (Fsp3) is 0.500. The van der Waals surface area contributed by atoms with E-state index in [4.69, 9.17) is 16.2 Å². The van der Waals surface area contributed by atoms with Crippen LogP contribution in [0.5, 0.6) is 5.75 Å². The van der Waals surface area contributed by atoms with Gasteiger partial charge in [-0.05, 0) is 30.5 Å². The van der Waals surface area contributed by atoms with Gasteiger partial charge in [-0.25, -0.2) is 4.99 Å². The third-order valence-corrected chi connectivity index (χ3v) is 3.63. The van der Waals surface area contributed by atoms with Crippen LogP contribution in [0, 0.1) is 0 Å². The van der Waals surface area contributed by atoms with Gasteiger partial charge in [-0.3, -0.25) is 4.79 Å². The van der Waals surface area contributed by atoms with Crippen LogP contribution in [0.3, 0.4) is 0 Å². The number of amides is 1. The first kappa shape index (κ1) is 19.5. The minimum Gasteiger partial charge on any atom is -0.484 e. The van der Waals surface area contributed by atoms with Crippen molar-refractivity contribution in [3.63, 3.8) is 0 Å². The molecule has 0 saturated carbocycles. The monoisotopic (exact) mass is 432 g/mol. The minimum atomic E-state index is -0.492. The molecule has 128 valence electrons. The summed E-state index contributed by atoms with van der Waals surface area (Å²) in [5.41, 5.74) is 12.1. The predicted octanol–water partition coefficient (Wildman–Crippen LogP) is 1.86. The molecule has 1 saturated heterocycles. The van der Waals surface area contributed by atoms with Gasteiger partial charge in [-0.15, -0.1) is 24.0 Å². The zero-order valence-corrected chi connectivity index (χ0v) is 15.6. The fourth-order valence-electron chi connectivity index (χ4n) is 2.46. The van der Waals surface area contributed by atoms with Gasteiger partial charge in [0.05, 0.1) is 6.54 Å². The number of primary amides is 1. The number of carbonyl (C=O) groups is 1. The molecule has 1 aliphatic rings. The maximum atomic E-state index is 10.7. The van der Waals surface area contributed by atoms with Crippen LogP contribution in [0.15, 0.2) is 29.3 Å². The number of hydrogen-bond acceptors (Lipinski definition) is 3. The highest BCUT2D eigenvalue weighted by Crippen LogP contribution is 2.14. The molecule has 23 heavy (non-hydrogen) atoms. The van der Waals surface area contributed by atoms with E-state index in [1.54, 1.807) is 6.07 Å². The molecule has 0 aliphatic carbocycles. The average Bonchev–Trinajstić information content (AvgIpc) is 2.80. The second-order valence-electron chi connectivity index (χ2n) is 5.48. The molecule has 4 N–H and O–H groups in total. The van der Waals surface area contributed by atoms with Gasteiger partial charge in [-0.1, -0.05) is 25.0 Å². The lowest BCUT2D eigenvalue weighted by molar-refractivity contribution is -0.119. The normalized spacial score (nSPS) is 15.5. The standard InChI is InChI=1S/C16H24N4O2.HI/c17-15(21)12-22-14-7-5-6-13(10-14)11-19-16(18)20-8-3-1-2-4-9-20;/h5-7,10H,1-4,8-9,11-12H2,(H2,17,21)(H2,18,19);1H. The number of hydrogen-bond donors (Lipinski definition) is 2. The summed E-state index contributed by atoms with van der Waals surface area (Å²) in [6, 6.07) is 7.45. The van der Waals surface area contributed by atoms with Crippen molar-refractivity contribution in [2.45, 2.75) is 32.2 Å². The maximum absolute atomic E-state index is 10.7. The largest absolute Gasteiger partial charge is 0.484 e. The van der Waals surface area contributed by atoms with Crippen LogP contribution < -0.4 is 16.2 Å². The van der Waals surface area contributed by atoms with Crippen molar-refractivity contribution in [1.82, 2.24) is 4.90 Å². The molecule has 6 nitrogen and oxygen atoms in total. The Morgan fingerprint density at radius 3 is 2.52 bits per heavy atom. The van der Waals surface area contributed by atoms with Gasteiger partial charge in [0.25, 0.3) is 5.91 Å². The predicted molar refractivity (Wildman–Crippen MR) is 102 cm³/mol. The highest BCUT2D eigenvalue weighted by Gasteiger charge is 2.10. The number of rotatable bonds is 5. The molecule has 1 aromatic rings. The molecule has 0 unspecified atom stereocenters. The molecule has 1 aromatic carbocycles. The van der Waals surface area contributed by atoms with E-state index in [1.165, 1.54) is 25.7 Å². The summed E-state index contributed by atoms with van der Waals surface area (Å²) >= 11 is 0. The molecule has 0 bridgehead atoms. The molecule has 1 aliphatic heterocycles. The lowest BCUT2D eigenvalue weighted by atomic mass is 10.2. The van der Waals surface area contributed by atoms with Crippen molar-refractivity contribution in [3.8, 4) is 5.75 Å². The number of halogens is 1. The number of benzene rings is 1. The Balaban J connectivity index is 0.00000264. The van der Waals surface area contributed by atoms with E-state index < -0.39 is 5.91 Å². The van der Waals surface area contributed by atoms with Crippen LogP contribution in [0.2, 0.25) is 0 Å². The Morgan fingerprint density at radius 2 is 1.87 bits per heavy atom. The molecule has 7 heteroatoms. The third-order valence-electron chi connectivity index (χ3n) is 3.63. The number of carbonyl (C=O) groups excluding carboxylic acids is 1. The minimum absolute atomic E-state index is 0. The lowest BCUT2D eigenvalue weighted by Gasteiger charge is -2.21. The highest BCUT2D eigenvalue weighted by molar-refractivity contribution is 14.0. The van der Waals surface area contributed by atoms with Gasteiger partial charge in [0.2, 0.25) is 0 Å². The van der Waals surface area contributed by atoms with Crippen molar-refractivity contribution in [3.05, 3.63) is 29.8 Å². The SMILES string of the molecule is I.NC(=O)COc1cccc(CN=C(N)N2CCCCCC2)c1. The summed E-state index contributed by atoms with van der Waals surface area (Å²) in [7, 11) is 0. The van der Waals surface area contributed by atoms with Gasteiger partial charge in [-0.2, -0.15) is 0 Å². The van der Waals surface area contributed by atoms with Gasteiger partial charge >= 0.3 is 0 Å². The first-order valence-electron chi connectivity index (χ1n) is 7.70. The summed E-state index contributed by atoms with van der Waals surface area (Å²) in [5, 5.41) is 0. The summed E-state index contributed by atoms with van der Waals surface area (Å²) in [5.74, 6) is 0.721. The topological polar surface area (TPSA) is 93.9 Å². The van der Waals surface area contributed by atoms with Gasteiger partial charge in [0.1, 0.15) is 5.75 Å². The molecule has 0 atom stereocenters. The van der Waals surface area contributed by atoms with E-state index in [2.05, 4.69) is 9.89 Å². The number of guanidine groups is 1. The summed E-state index contributed by atoms with van der Waals surface area (Å²) in [6.45, 7) is 2.34. The molecule has 1 heterocycles. The second-order valence-corrected chi connectivity index (χ2v) is 5.48. The fourth-order valence-corrected chi connectivity index (χ4v) is 2.46. The van der Waals surface area contributed by atoms with Crippen LogP contribution in [0.25, 0.3) is 0 Å². The third kappa shape index (κ3) is 7.06. The van der Waals surface area contributed by atoms with Crippen molar-refractivity contribution >= 4 is 35.8 Å². The molecule has 0 radical (unpaired) electrons. The highest BCUT2D eigenvalue weighted by atomic mass is 127. The van der Waals surface area contributed by atoms with Crippen LogP contribution in [0.4, 0.5) is 0 Å². The van der Waals surface area contributed by atoms with Gasteiger partial charge < -0.3 is 21.1 Å². The van der Waals surface area contributed by atoms with Crippen molar-refractivity contribution < 1.29 is 9.53 Å². The number of nitrogens with two attached hydrogens (primary N) is 2. The summed E-state index contributed by atoms with van der Waals surface area (Å²) in [6.07, 6.45) is 4.88. The Morgan fingerprint density at radius 1 is 1.17 bits per heavy atom. The Bertz CT molecular complexity index is 529. The van der Waals surface area contributed by atoms with Crippen LogP contribution in [-0.2, 0) is 11.3 Å².